The molecule has 0 saturated carbocycles. The first-order chi connectivity index (χ1) is 9.58. The van der Waals surface area contributed by atoms with Gasteiger partial charge in [-0.1, -0.05) is 17.7 Å². The second-order valence-electron chi connectivity index (χ2n) is 4.86. The van der Waals surface area contributed by atoms with Crippen molar-refractivity contribution in [1.29, 1.82) is 0 Å². The minimum atomic E-state index is -0.240. The van der Waals surface area contributed by atoms with Crippen LogP contribution in [-0.2, 0) is 11.2 Å². The van der Waals surface area contributed by atoms with Crippen LogP contribution < -0.4 is 0 Å². The van der Waals surface area contributed by atoms with E-state index >= 15 is 0 Å². The first-order valence-corrected chi connectivity index (χ1v) is 6.86. The van der Waals surface area contributed by atoms with Crippen molar-refractivity contribution in [2.75, 3.05) is 13.1 Å². The molecule has 1 aromatic rings. The largest absolute Gasteiger partial charge is 0.344 e. The molecule has 0 unspecified atom stereocenters. The van der Waals surface area contributed by atoms with Crippen LogP contribution in [0.3, 0.4) is 0 Å². The van der Waals surface area contributed by atoms with E-state index in [4.69, 9.17) is 11.6 Å². The van der Waals surface area contributed by atoms with Crippen LogP contribution >= 0.6 is 11.6 Å². The fourth-order valence-electron chi connectivity index (χ4n) is 2.51. The highest BCUT2D eigenvalue weighted by molar-refractivity contribution is 6.33. The fraction of sp³-hybridized carbons (Fsp3) is 0.267. The van der Waals surface area contributed by atoms with Crippen LogP contribution in [0.4, 0.5) is 4.79 Å². The third-order valence-corrected chi connectivity index (χ3v) is 3.80. The summed E-state index contributed by atoms with van der Waals surface area (Å²) in [5, 5.41) is 0.601. The monoisotopic (exact) mass is 288 g/mol. The first kappa shape index (κ1) is 13.1. The van der Waals surface area contributed by atoms with E-state index in [-0.39, 0.29) is 11.8 Å². The molecule has 0 bridgehead atoms. The van der Waals surface area contributed by atoms with E-state index in [0.29, 0.717) is 35.8 Å². The molecule has 2 amide bonds. The van der Waals surface area contributed by atoms with Crippen molar-refractivity contribution in [3.63, 3.8) is 0 Å². The molecule has 4 nitrogen and oxygen atoms in total. The van der Waals surface area contributed by atoms with Crippen molar-refractivity contribution < 1.29 is 9.59 Å². The number of Topliss-reactive ketones (excluding diaryl/α,β-unsaturated/α-hetero) is 1. The standard InChI is InChI=1S/C15H13ClN2O2/c1-2-18-8-11(17-15(18)20)7-13-12-6-10(16)4-3-9(12)5-14(13)19/h3-4,6-7H,2,5,8H2,1H3/b13-7-. The molecule has 0 N–H and O–H groups in total. The molecule has 2 aliphatic rings. The van der Waals surface area contributed by atoms with Gasteiger partial charge in [-0.25, -0.2) is 4.79 Å². The lowest BCUT2D eigenvalue weighted by atomic mass is 10.1. The quantitative estimate of drug-likeness (QED) is 0.786. The molecular formula is C15H13ClN2O2. The van der Waals surface area contributed by atoms with Gasteiger partial charge in [0.25, 0.3) is 0 Å². The SMILES string of the molecule is CCN1CC(/C=C2\C(=O)Cc3ccc(Cl)cc32)=NC1=O. The predicted molar refractivity (Wildman–Crippen MR) is 78.2 cm³/mol. The molecule has 0 radical (unpaired) electrons. The van der Waals surface area contributed by atoms with Crippen molar-refractivity contribution >= 4 is 34.7 Å². The number of carbonyl (C=O) groups excluding carboxylic acids is 2. The van der Waals surface area contributed by atoms with Gasteiger partial charge in [0.2, 0.25) is 0 Å². The Morgan fingerprint density at radius 2 is 2.20 bits per heavy atom. The van der Waals surface area contributed by atoms with Gasteiger partial charge in [-0.2, -0.15) is 4.99 Å². The van der Waals surface area contributed by atoms with Crippen molar-refractivity contribution in [2.45, 2.75) is 13.3 Å². The van der Waals surface area contributed by atoms with Gasteiger partial charge in [-0.15, -0.1) is 0 Å². The van der Waals surface area contributed by atoms with Gasteiger partial charge < -0.3 is 4.90 Å². The minimum absolute atomic E-state index is 0.0485. The van der Waals surface area contributed by atoms with Gasteiger partial charge in [0.05, 0.1) is 12.3 Å². The number of nitrogens with zero attached hydrogens (tertiary/aromatic N) is 2. The molecule has 5 heteroatoms. The van der Waals surface area contributed by atoms with Crippen molar-refractivity contribution in [3.05, 3.63) is 40.4 Å². The summed E-state index contributed by atoms with van der Waals surface area (Å²) >= 11 is 5.99. The number of allylic oxidation sites excluding steroid dienone is 1. The maximum Gasteiger partial charge on any atom is 0.344 e. The average molecular weight is 289 g/mol. The molecule has 0 saturated heterocycles. The number of benzene rings is 1. The van der Waals surface area contributed by atoms with Crippen LogP contribution in [0.2, 0.25) is 5.02 Å². The molecule has 3 rings (SSSR count). The Labute approximate surface area is 121 Å². The molecule has 0 aromatic heterocycles. The normalized spacial score (nSPS) is 19.8. The highest BCUT2D eigenvalue weighted by Crippen LogP contribution is 2.32. The zero-order chi connectivity index (χ0) is 14.3. The average Bonchev–Trinajstić information content (AvgIpc) is 2.91. The lowest BCUT2D eigenvalue weighted by molar-refractivity contribution is -0.112. The summed E-state index contributed by atoms with van der Waals surface area (Å²) in [5.74, 6) is 0.0485. The predicted octanol–water partition coefficient (Wildman–Crippen LogP) is 2.75. The molecule has 0 fully saturated rings. The Balaban J connectivity index is 1.98. The molecule has 20 heavy (non-hydrogen) atoms. The van der Waals surface area contributed by atoms with E-state index in [0.717, 1.165) is 11.1 Å². The number of aliphatic imine (C=N–C) groups is 1. The van der Waals surface area contributed by atoms with E-state index in [2.05, 4.69) is 4.99 Å². The van der Waals surface area contributed by atoms with E-state index in [9.17, 15) is 9.59 Å². The molecule has 1 heterocycles. The van der Waals surface area contributed by atoms with Crippen LogP contribution in [0.25, 0.3) is 5.57 Å². The Hall–Kier alpha value is -1.94. The number of amides is 2. The number of carbonyl (C=O) groups is 2. The van der Waals surface area contributed by atoms with Crippen molar-refractivity contribution in [3.8, 4) is 0 Å². The Kier molecular flexibility index (Phi) is 3.18. The summed E-state index contributed by atoms with van der Waals surface area (Å²) in [6.07, 6.45) is 2.11. The number of rotatable bonds is 2. The smallest absolute Gasteiger partial charge is 0.317 e. The molecule has 1 aliphatic heterocycles. The second kappa shape index (κ2) is 4.87. The maximum absolute atomic E-state index is 12.1. The van der Waals surface area contributed by atoms with Crippen LogP contribution in [-0.4, -0.2) is 35.5 Å². The number of hydrogen-bond donors (Lipinski definition) is 0. The van der Waals surface area contributed by atoms with Crippen LogP contribution in [0.1, 0.15) is 18.1 Å². The van der Waals surface area contributed by atoms with Crippen LogP contribution in [0.15, 0.2) is 29.3 Å². The minimum Gasteiger partial charge on any atom is -0.317 e. The third-order valence-electron chi connectivity index (χ3n) is 3.57. The van der Waals surface area contributed by atoms with E-state index in [1.807, 2.05) is 13.0 Å². The van der Waals surface area contributed by atoms with Crippen LogP contribution in [0, 0.1) is 0 Å². The van der Waals surface area contributed by atoms with Crippen molar-refractivity contribution in [2.24, 2.45) is 4.99 Å². The molecular weight excluding hydrogens is 276 g/mol. The van der Waals surface area contributed by atoms with Crippen LogP contribution in [0.5, 0.6) is 0 Å². The van der Waals surface area contributed by atoms with E-state index in [1.54, 1.807) is 23.1 Å². The van der Waals surface area contributed by atoms with Gasteiger partial charge in [-0.05, 0) is 36.3 Å². The summed E-state index contributed by atoms with van der Waals surface area (Å²) in [6.45, 7) is 2.98. The summed E-state index contributed by atoms with van der Waals surface area (Å²) in [7, 11) is 0. The zero-order valence-electron chi connectivity index (χ0n) is 11.0. The lowest BCUT2D eigenvalue weighted by Crippen LogP contribution is -2.25. The number of halogens is 1. The maximum atomic E-state index is 12.1. The Morgan fingerprint density at radius 3 is 2.90 bits per heavy atom. The van der Waals surface area contributed by atoms with Crippen molar-refractivity contribution in [1.82, 2.24) is 4.90 Å². The molecule has 102 valence electrons. The zero-order valence-corrected chi connectivity index (χ0v) is 11.8. The fourth-order valence-corrected chi connectivity index (χ4v) is 2.69. The summed E-state index contributed by atoms with van der Waals surface area (Å²) in [5.41, 5.74) is 3.07. The number of urea groups is 1. The van der Waals surface area contributed by atoms with Gasteiger partial charge in [0, 0.05) is 23.6 Å². The number of ketones is 1. The summed E-state index contributed by atoms with van der Waals surface area (Å²) < 4.78 is 0. The second-order valence-corrected chi connectivity index (χ2v) is 5.30. The van der Waals surface area contributed by atoms with Gasteiger partial charge in [0.1, 0.15) is 0 Å². The molecule has 0 spiro atoms. The highest BCUT2D eigenvalue weighted by Gasteiger charge is 2.27. The van der Waals surface area contributed by atoms with Gasteiger partial charge in [0.15, 0.2) is 5.78 Å². The Bertz CT molecular complexity index is 676. The van der Waals surface area contributed by atoms with E-state index in [1.165, 1.54) is 0 Å². The molecule has 0 atom stereocenters. The first-order valence-electron chi connectivity index (χ1n) is 6.48. The summed E-state index contributed by atoms with van der Waals surface area (Å²) in [4.78, 5) is 29.3. The summed E-state index contributed by atoms with van der Waals surface area (Å²) in [6, 6.07) is 5.21. The highest BCUT2D eigenvalue weighted by atomic mass is 35.5. The topological polar surface area (TPSA) is 49.7 Å². The number of hydrogen-bond acceptors (Lipinski definition) is 2. The third kappa shape index (κ3) is 2.16. The molecule has 1 aromatic carbocycles. The lowest BCUT2D eigenvalue weighted by Gasteiger charge is -2.09. The van der Waals surface area contributed by atoms with Gasteiger partial charge >= 0.3 is 6.03 Å². The molecule has 1 aliphatic carbocycles. The van der Waals surface area contributed by atoms with E-state index < -0.39 is 0 Å². The Morgan fingerprint density at radius 1 is 1.40 bits per heavy atom. The number of fused-ring (bicyclic) bond motifs is 1. The van der Waals surface area contributed by atoms with Gasteiger partial charge in [-0.3, -0.25) is 4.79 Å².